The van der Waals surface area contributed by atoms with Crippen molar-refractivity contribution in [3.05, 3.63) is 35.7 Å². The molecule has 1 N–H and O–H groups in total. The highest BCUT2D eigenvalue weighted by atomic mass is 35.5. The second kappa shape index (κ2) is 5.46. The number of H-pyrrole nitrogens is 1. The molecule has 5 nitrogen and oxygen atoms in total. The predicted molar refractivity (Wildman–Crippen MR) is 77.9 cm³/mol. The summed E-state index contributed by atoms with van der Waals surface area (Å²) in [5, 5.41) is 7.80. The van der Waals surface area contributed by atoms with Crippen molar-refractivity contribution in [2.24, 2.45) is 0 Å². The average molecular weight is 289 g/mol. The summed E-state index contributed by atoms with van der Waals surface area (Å²) in [7, 11) is 0. The van der Waals surface area contributed by atoms with Gasteiger partial charge in [-0.25, -0.2) is 4.98 Å². The molecule has 0 saturated carbocycles. The summed E-state index contributed by atoms with van der Waals surface area (Å²) >= 11 is 5.98. The van der Waals surface area contributed by atoms with E-state index in [1.54, 1.807) is 6.20 Å². The first kappa shape index (κ1) is 12.9. The minimum atomic E-state index is 0.182. The van der Waals surface area contributed by atoms with Gasteiger partial charge in [-0.2, -0.15) is 10.1 Å². The largest absolute Gasteiger partial charge is 0.493 e. The Morgan fingerprint density at radius 3 is 2.95 bits per heavy atom. The van der Waals surface area contributed by atoms with Gasteiger partial charge in [0.2, 0.25) is 5.28 Å². The standard InChI is InChI=1S/C14H13ClN4O/c1-2-7-20-11-6-4-3-5-9(11)12-10-8-16-19-13(10)18-14(15)17-12/h3-6,8H,2,7H2,1H3,(H,16,17,18,19). The van der Waals surface area contributed by atoms with Crippen LogP contribution in [-0.4, -0.2) is 26.8 Å². The van der Waals surface area contributed by atoms with E-state index in [2.05, 4.69) is 27.1 Å². The molecule has 102 valence electrons. The predicted octanol–water partition coefficient (Wildman–Crippen LogP) is 3.46. The first-order valence-electron chi connectivity index (χ1n) is 6.38. The van der Waals surface area contributed by atoms with Crippen LogP contribution in [-0.2, 0) is 0 Å². The van der Waals surface area contributed by atoms with Crippen LogP contribution in [0.1, 0.15) is 13.3 Å². The van der Waals surface area contributed by atoms with Crippen LogP contribution < -0.4 is 4.74 Å². The number of aromatic amines is 1. The number of fused-ring (bicyclic) bond motifs is 1. The number of aromatic nitrogens is 4. The molecule has 0 saturated heterocycles. The van der Waals surface area contributed by atoms with E-state index in [9.17, 15) is 0 Å². The van der Waals surface area contributed by atoms with Gasteiger partial charge in [-0.15, -0.1) is 0 Å². The lowest BCUT2D eigenvalue weighted by molar-refractivity contribution is 0.318. The summed E-state index contributed by atoms with van der Waals surface area (Å²) in [6.07, 6.45) is 2.64. The Morgan fingerprint density at radius 1 is 1.25 bits per heavy atom. The normalized spacial score (nSPS) is 10.9. The van der Waals surface area contributed by atoms with Gasteiger partial charge >= 0.3 is 0 Å². The Hall–Kier alpha value is -2.14. The lowest BCUT2D eigenvalue weighted by atomic mass is 10.1. The molecular weight excluding hydrogens is 276 g/mol. The molecule has 3 aromatic rings. The number of para-hydroxylation sites is 1. The van der Waals surface area contributed by atoms with Crippen LogP contribution in [0.25, 0.3) is 22.3 Å². The van der Waals surface area contributed by atoms with Crippen LogP contribution in [0.2, 0.25) is 5.28 Å². The third-order valence-corrected chi connectivity index (χ3v) is 3.06. The van der Waals surface area contributed by atoms with E-state index in [0.29, 0.717) is 12.3 Å². The molecule has 0 amide bonds. The van der Waals surface area contributed by atoms with E-state index in [4.69, 9.17) is 16.3 Å². The number of rotatable bonds is 4. The number of hydrogen-bond acceptors (Lipinski definition) is 4. The molecule has 0 fully saturated rings. The first-order valence-corrected chi connectivity index (χ1v) is 6.76. The smallest absolute Gasteiger partial charge is 0.224 e. The van der Waals surface area contributed by atoms with Gasteiger partial charge in [0.15, 0.2) is 5.65 Å². The maximum Gasteiger partial charge on any atom is 0.224 e. The van der Waals surface area contributed by atoms with E-state index in [1.165, 1.54) is 0 Å². The van der Waals surface area contributed by atoms with Gasteiger partial charge in [-0.05, 0) is 30.2 Å². The lowest BCUT2D eigenvalue weighted by Crippen LogP contribution is -1.98. The Balaban J connectivity index is 2.17. The van der Waals surface area contributed by atoms with Gasteiger partial charge in [0, 0.05) is 5.56 Å². The number of ether oxygens (including phenoxy) is 1. The molecule has 2 aromatic heterocycles. The molecule has 0 unspecified atom stereocenters. The van der Waals surface area contributed by atoms with Crippen molar-refractivity contribution in [2.45, 2.75) is 13.3 Å². The minimum Gasteiger partial charge on any atom is -0.493 e. The van der Waals surface area contributed by atoms with Crippen molar-refractivity contribution in [2.75, 3.05) is 6.61 Å². The summed E-state index contributed by atoms with van der Waals surface area (Å²) in [5.74, 6) is 0.784. The van der Waals surface area contributed by atoms with Crippen LogP contribution >= 0.6 is 11.6 Å². The lowest BCUT2D eigenvalue weighted by Gasteiger charge is -2.10. The third-order valence-electron chi connectivity index (χ3n) is 2.89. The third kappa shape index (κ3) is 2.32. The molecule has 0 radical (unpaired) electrons. The average Bonchev–Trinajstić information content (AvgIpc) is 2.92. The van der Waals surface area contributed by atoms with Gasteiger partial charge in [-0.3, -0.25) is 5.10 Å². The van der Waals surface area contributed by atoms with Crippen LogP contribution in [0.4, 0.5) is 0 Å². The highest BCUT2D eigenvalue weighted by molar-refractivity contribution is 6.28. The molecule has 0 bridgehead atoms. The van der Waals surface area contributed by atoms with E-state index in [1.807, 2.05) is 24.3 Å². The minimum absolute atomic E-state index is 0.182. The van der Waals surface area contributed by atoms with E-state index in [-0.39, 0.29) is 5.28 Å². The molecule has 0 spiro atoms. The molecular formula is C14H13ClN4O. The maximum absolute atomic E-state index is 5.98. The topological polar surface area (TPSA) is 63.7 Å². The summed E-state index contributed by atoms with van der Waals surface area (Å²) in [6, 6.07) is 7.75. The van der Waals surface area contributed by atoms with Crippen molar-refractivity contribution in [3.8, 4) is 17.0 Å². The molecule has 0 aliphatic heterocycles. The quantitative estimate of drug-likeness (QED) is 0.747. The number of benzene rings is 1. The summed E-state index contributed by atoms with van der Waals surface area (Å²) < 4.78 is 5.77. The fraction of sp³-hybridized carbons (Fsp3) is 0.214. The number of hydrogen-bond donors (Lipinski definition) is 1. The van der Waals surface area contributed by atoms with E-state index in [0.717, 1.165) is 28.8 Å². The molecule has 0 aliphatic carbocycles. The second-order valence-electron chi connectivity index (χ2n) is 4.32. The van der Waals surface area contributed by atoms with Gasteiger partial charge in [-0.1, -0.05) is 19.1 Å². The number of nitrogens with zero attached hydrogens (tertiary/aromatic N) is 3. The highest BCUT2D eigenvalue weighted by Crippen LogP contribution is 2.33. The van der Waals surface area contributed by atoms with Crippen molar-refractivity contribution in [1.29, 1.82) is 0 Å². The zero-order valence-electron chi connectivity index (χ0n) is 10.9. The van der Waals surface area contributed by atoms with Crippen LogP contribution in [0, 0.1) is 0 Å². The first-order chi connectivity index (χ1) is 9.79. The zero-order chi connectivity index (χ0) is 13.9. The second-order valence-corrected chi connectivity index (χ2v) is 4.66. The Labute approximate surface area is 121 Å². The molecule has 20 heavy (non-hydrogen) atoms. The van der Waals surface area contributed by atoms with Gasteiger partial charge < -0.3 is 4.74 Å². The number of nitrogens with one attached hydrogen (secondary N) is 1. The zero-order valence-corrected chi connectivity index (χ0v) is 11.7. The van der Waals surface area contributed by atoms with Crippen LogP contribution in [0.3, 0.4) is 0 Å². The van der Waals surface area contributed by atoms with Crippen molar-refractivity contribution >= 4 is 22.6 Å². The molecule has 2 heterocycles. The molecule has 3 rings (SSSR count). The summed E-state index contributed by atoms with van der Waals surface area (Å²) in [5.41, 5.74) is 2.22. The Kier molecular flexibility index (Phi) is 3.52. The summed E-state index contributed by atoms with van der Waals surface area (Å²) in [4.78, 5) is 8.44. The monoisotopic (exact) mass is 288 g/mol. The van der Waals surface area contributed by atoms with Crippen LogP contribution in [0.5, 0.6) is 5.75 Å². The highest BCUT2D eigenvalue weighted by Gasteiger charge is 2.14. The van der Waals surface area contributed by atoms with Gasteiger partial charge in [0.05, 0.1) is 23.9 Å². The van der Waals surface area contributed by atoms with Gasteiger partial charge in [0.1, 0.15) is 5.75 Å². The fourth-order valence-electron chi connectivity index (χ4n) is 2.01. The van der Waals surface area contributed by atoms with Crippen molar-refractivity contribution in [1.82, 2.24) is 20.2 Å². The molecule has 0 aliphatic rings. The molecule has 1 aromatic carbocycles. The van der Waals surface area contributed by atoms with E-state index < -0.39 is 0 Å². The SMILES string of the molecule is CCCOc1ccccc1-c1nc(Cl)nc2[nH]ncc12. The molecule has 0 atom stereocenters. The number of halogens is 1. The maximum atomic E-state index is 5.98. The summed E-state index contributed by atoms with van der Waals surface area (Å²) in [6.45, 7) is 2.73. The van der Waals surface area contributed by atoms with Crippen molar-refractivity contribution < 1.29 is 4.74 Å². The Bertz CT molecular complexity index is 741. The fourth-order valence-corrected chi connectivity index (χ4v) is 2.18. The molecule has 6 heteroatoms. The van der Waals surface area contributed by atoms with Crippen LogP contribution in [0.15, 0.2) is 30.5 Å². The van der Waals surface area contributed by atoms with Gasteiger partial charge in [0.25, 0.3) is 0 Å². The van der Waals surface area contributed by atoms with E-state index >= 15 is 0 Å². The van der Waals surface area contributed by atoms with Crippen molar-refractivity contribution in [3.63, 3.8) is 0 Å². The Morgan fingerprint density at radius 2 is 2.10 bits per heavy atom.